The molecule has 2 heteroatoms. The molecule has 0 aromatic rings. The Morgan fingerprint density at radius 1 is 1.64 bits per heavy atom. The fourth-order valence-corrected chi connectivity index (χ4v) is 1.21. The molecule has 11 heavy (non-hydrogen) atoms. The predicted octanol–water partition coefficient (Wildman–Crippen LogP) is 2.25. The summed E-state index contributed by atoms with van der Waals surface area (Å²) in [5, 5.41) is 3.03. The average molecular weight is 157 g/mol. The third-order valence-corrected chi connectivity index (χ3v) is 2.25. The van der Waals surface area contributed by atoms with Crippen molar-refractivity contribution in [2.75, 3.05) is 0 Å². The Hall–Kier alpha value is -0.530. The van der Waals surface area contributed by atoms with Gasteiger partial charge in [-0.15, -0.1) is 0 Å². The Bertz CT molecular complexity index is 163. The maximum atomic E-state index is 13.1. The lowest BCUT2D eigenvalue weighted by atomic mass is 9.93. The van der Waals surface area contributed by atoms with E-state index >= 15 is 0 Å². The van der Waals surface area contributed by atoms with Crippen molar-refractivity contribution in [3.05, 3.63) is 11.8 Å². The second-order valence-electron chi connectivity index (χ2n) is 3.55. The normalized spacial score (nSPS) is 31.5. The van der Waals surface area contributed by atoms with Gasteiger partial charge in [-0.1, -0.05) is 13.8 Å². The van der Waals surface area contributed by atoms with Crippen molar-refractivity contribution in [3.63, 3.8) is 0 Å². The smallest absolute Gasteiger partial charge is 0.124 e. The van der Waals surface area contributed by atoms with Crippen LogP contribution in [0.15, 0.2) is 11.8 Å². The van der Waals surface area contributed by atoms with Gasteiger partial charge in [0.2, 0.25) is 0 Å². The molecule has 0 fully saturated rings. The molecule has 0 aromatic carbocycles. The number of alkyl halides is 1. The number of nitrogens with one attached hydrogen (secondary N) is 1. The van der Waals surface area contributed by atoms with Gasteiger partial charge in [0, 0.05) is 6.42 Å². The molecule has 1 heterocycles. The molecular formula is C9H16FN. The van der Waals surface area contributed by atoms with Gasteiger partial charge in [-0.05, 0) is 24.6 Å². The van der Waals surface area contributed by atoms with Crippen molar-refractivity contribution in [1.82, 2.24) is 5.32 Å². The summed E-state index contributed by atoms with van der Waals surface area (Å²) in [5.74, 6) is 0.466. The molecule has 0 radical (unpaired) electrons. The van der Waals surface area contributed by atoms with E-state index in [0.717, 1.165) is 0 Å². The second kappa shape index (κ2) is 3.24. The van der Waals surface area contributed by atoms with Gasteiger partial charge in [0.1, 0.15) is 6.17 Å². The van der Waals surface area contributed by atoms with Crippen molar-refractivity contribution in [2.24, 2.45) is 5.92 Å². The monoisotopic (exact) mass is 157 g/mol. The van der Waals surface area contributed by atoms with Gasteiger partial charge < -0.3 is 5.32 Å². The summed E-state index contributed by atoms with van der Waals surface area (Å²) in [6.07, 6.45) is 1.86. The molecule has 0 amide bonds. The van der Waals surface area contributed by atoms with Gasteiger partial charge in [-0.3, -0.25) is 0 Å². The van der Waals surface area contributed by atoms with E-state index in [1.165, 1.54) is 5.57 Å². The summed E-state index contributed by atoms with van der Waals surface area (Å²) < 4.78 is 13.1. The van der Waals surface area contributed by atoms with Gasteiger partial charge in [-0.25, -0.2) is 4.39 Å². The summed E-state index contributed by atoms with van der Waals surface area (Å²) in [7, 11) is 0. The standard InChI is InChI=1S/C9H16FN/c1-6(2)8-4-9(10)7(3)11-5-8/h5-7,9,11H,4H2,1-3H3. The Morgan fingerprint density at radius 3 is 2.73 bits per heavy atom. The van der Waals surface area contributed by atoms with Crippen LogP contribution in [0.5, 0.6) is 0 Å². The maximum Gasteiger partial charge on any atom is 0.124 e. The van der Waals surface area contributed by atoms with Gasteiger partial charge >= 0.3 is 0 Å². The van der Waals surface area contributed by atoms with E-state index in [1.54, 1.807) is 0 Å². The van der Waals surface area contributed by atoms with E-state index in [9.17, 15) is 4.39 Å². The van der Waals surface area contributed by atoms with Crippen LogP contribution in [0.1, 0.15) is 27.2 Å². The summed E-state index contributed by atoms with van der Waals surface area (Å²) in [4.78, 5) is 0. The molecule has 64 valence electrons. The minimum Gasteiger partial charge on any atom is -0.386 e. The molecule has 1 N–H and O–H groups in total. The highest BCUT2D eigenvalue weighted by Crippen LogP contribution is 2.22. The zero-order valence-electron chi connectivity index (χ0n) is 7.39. The molecule has 1 rings (SSSR count). The second-order valence-corrected chi connectivity index (χ2v) is 3.55. The van der Waals surface area contributed by atoms with E-state index in [2.05, 4.69) is 19.2 Å². The first kappa shape index (κ1) is 8.57. The minimum absolute atomic E-state index is 0.0162. The summed E-state index contributed by atoms with van der Waals surface area (Å²) >= 11 is 0. The zero-order valence-corrected chi connectivity index (χ0v) is 7.39. The first-order valence-corrected chi connectivity index (χ1v) is 4.20. The van der Waals surface area contributed by atoms with Crippen LogP contribution in [0.4, 0.5) is 4.39 Å². The summed E-state index contributed by atoms with van der Waals surface area (Å²) in [6, 6.07) is -0.0162. The quantitative estimate of drug-likeness (QED) is 0.615. The molecule has 0 saturated heterocycles. The van der Waals surface area contributed by atoms with Crippen LogP contribution in [-0.4, -0.2) is 12.2 Å². The van der Waals surface area contributed by atoms with E-state index in [1.807, 2.05) is 13.1 Å². The number of hydrogen-bond acceptors (Lipinski definition) is 1. The molecule has 0 bridgehead atoms. The van der Waals surface area contributed by atoms with Crippen LogP contribution in [0, 0.1) is 5.92 Å². The van der Waals surface area contributed by atoms with E-state index in [0.29, 0.717) is 12.3 Å². The molecule has 1 nitrogen and oxygen atoms in total. The molecule has 0 aromatic heterocycles. The number of halogens is 1. The van der Waals surface area contributed by atoms with Gasteiger partial charge in [0.15, 0.2) is 0 Å². The zero-order chi connectivity index (χ0) is 8.43. The fourth-order valence-electron chi connectivity index (χ4n) is 1.21. The third-order valence-electron chi connectivity index (χ3n) is 2.25. The highest BCUT2D eigenvalue weighted by atomic mass is 19.1. The Kier molecular flexibility index (Phi) is 2.53. The average Bonchev–Trinajstić information content (AvgIpc) is 1.94. The topological polar surface area (TPSA) is 12.0 Å². The highest BCUT2D eigenvalue weighted by molar-refractivity contribution is 5.10. The van der Waals surface area contributed by atoms with Gasteiger partial charge in [0.05, 0.1) is 6.04 Å². The van der Waals surface area contributed by atoms with Crippen LogP contribution in [0.25, 0.3) is 0 Å². The summed E-state index contributed by atoms with van der Waals surface area (Å²) in [5.41, 5.74) is 1.19. The molecule has 1 aliphatic heterocycles. The van der Waals surface area contributed by atoms with Gasteiger partial charge in [-0.2, -0.15) is 0 Å². The third kappa shape index (κ3) is 1.95. The lowest BCUT2D eigenvalue weighted by molar-refractivity contribution is 0.254. The molecule has 2 unspecified atom stereocenters. The first-order valence-electron chi connectivity index (χ1n) is 4.20. The minimum atomic E-state index is -0.711. The Balaban J connectivity index is 2.59. The van der Waals surface area contributed by atoms with Crippen molar-refractivity contribution >= 4 is 0 Å². The van der Waals surface area contributed by atoms with Crippen LogP contribution >= 0.6 is 0 Å². The Labute approximate surface area is 67.7 Å². The molecule has 2 atom stereocenters. The van der Waals surface area contributed by atoms with Crippen molar-refractivity contribution < 1.29 is 4.39 Å². The molecule has 0 spiro atoms. The predicted molar refractivity (Wildman–Crippen MR) is 45.0 cm³/mol. The van der Waals surface area contributed by atoms with Gasteiger partial charge in [0.25, 0.3) is 0 Å². The van der Waals surface area contributed by atoms with Crippen LogP contribution < -0.4 is 5.32 Å². The maximum absolute atomic E-state index is 13.1. The van der Waals surface area contributed by atoms with Crippen molar-refractivity contribution in [2.45, 2.75) is 39.4 Å². The fraction of sp³-hybridized carbons (Fsp3) is 0.778. The van der Waals surface area contributed by atoms with Crippen LogP contribution in [-0.2, 0) is 0 Å². The molecule has 1 aliphatic rings. The molecule has 0 aliphatic carbocycles. The lowest BCUT2D eigenvalue weighted by Crippen LogP contribution is -2.36. The van der Waals surface area contributed by atoms with Crippen LogP contribution in [0.3, 0.4) is 0 Å². The molecule has 0 saturated carbocycles. The highest BCUT2D eigenvalue weighted by Gasteiger charge is 2.22. The number of allylic oxidation sites excluding steroid dienone is 1. The largest absolute Gasteiger partial charge is 0.386 e. The van der Waals surface area contributed by atoms with Crippen molar-refractivity contribution in [1.29, 1.82) is 0 Å². The number of hydrogen-bond donors (Lipinski definition) is 1. The first-order chi connectivity index (χ1) is 5.11. The van der Waals surface area contributed by atoms with E-state index < -0.39 is 6.17 Å². The summed E-state index contributed by atoms with van der Waals surface area (Å²) in [6.45, 7) is 6.06. The molecular weight excluding hydrogens is 141 g/mol. The van der Waals surface area contributed by atoms with Crippen LogP contribution in [0.2, 0.25) is 0 Å². The Morgan fingerprint density at radius 2 is 2.27 bits per heavy atom. The SMILES string of the molecule is CC(C)C1=CNC(C)C(F)C1. The van der Waals surface area contributed by atoms with E-state index in [4.69, 9.17) is 0 Å². The van der Waals surface area contributed by atoms with E-state index in [-0.39, 0.29) is 6.04 Å². The van der Waals surface area contributed by atoms with Crippen molar-refractivity contribution in [3.8, 4) is 0 Å². The lowest BCUT2D eigenvalue weighted by Gasteiger charge is -2.26. The number of rotatable bonds is 1.